The molecule has 37 heavy (non-hydrogen) atoms. The lowest BCUT2D eigenvalue weighted by Crippen LogP contribution is -2.24. The number of benzene rings is 2. The lowest BCUT2D eigenvalue weighted by Gasteiger charge is -2.30. The van der Waals surface area contributed by atoms with E-state index in [-0.39, 0.29) is 11.2 Å². The first-order valence-electron chi connectivity index (χ1n) is 13.1. The van der Waals surface area contributed by atoms with Crippen LogP contribution in [0.2, 0.25) is 0 Å². The highest BCUT2D eigenvalue weighted by molar-refractivity contribution is 5.79. The minimum Gasteiger partial charge on any atom is -0.550 e. The molecule has 5 nitrogen and oxygen atoms in total. The maximum atomic E-state index is 15.2. The zero-order chi connectivity index (χ0) is 26.6. The minimum atomic E-state index is -1.31. The van der Waals surface area contributed by atoms with Crippen LogP contribution < -0.4 is 9.84 Å². The van der Waals surface area contributed by atoms with Crippen molar-refractivity contribution in [2.24, 2.45) is 5.41 Å². The third-order valence-electron chi connectivity index (χ3n) is 7.57. The maximum Gasteiger partial charge on any atom is 0.120 e. The SMILES string of the molecule is CCOC1=CC(c2ccc(COc3cccc([C@H](O)CC(=O)[O-])c3)cc2[C@H]2CCCC2(C)C)=C(F)CC1. The molecule has 1 N–H and O–H groups in total. The number of carbonyl (C=O) groups excluding carboxylic acids is 1. The fraction of sp³-hybridized carbons (Fsp3) is 0.452. The second-order valence-electron chi connectivity index (χ2n) is 10.7. The van der Waals surface area contributed by atoms with Gasteiger partial charge in [0.1, 0.15) is 18.2 Å². The molecule has 0 heterocycles. The van der Waals surface area contributed by atoms with Crippen LogP contribution in [0.25, 0.3) is 5.57 Å². The van der Waals surface area contributed by atoms with E-state index in [0.29, 0.717) is 48.9 Å². The zero-order valence-corrected chi connectivity index (χ0v) is 21.9. The number of ether oxygens (including phenoxy) is 2. The van der Waals surface area contributed by atoms with Gasteiger partial charge in [0, 0.05) is 30.8 Å². The number of carbonyl (C=O) groups is 1. The Morgan fingerprint density at radius 1 is 1.19 bits per heavy atom. The molecule has 4 rings (SSSR count). The number of rotatable bonds is 10. The number of allylic oxidation sites excluding steroid dienone is 4. The first kappa shape index (κ1) is 26.9. The molecule has 6 heteroatoms. The molecule has 2 aliphatic carbocycles. The minimum absolute atomic E-state index is 0.101. The van der Waals surface area contributed by atoms with Crippen LogP contribution in [-0.4, -0.2) is 17.7 Å². The molecule has 0 bridgehead atoms. The molecule has 0 saturated heterocycles. The van der Waals surface area contributed by atoms with Crippen LogP contribution >= 0.6 is 0 Å². The van der Waals surface area contributed by atoms with Crippen molar-refractivity contribution >= 4 is 11.5 Å². The molecular formula is C31H36FO5-. The third-order valence-corrected chi connectivity index (χ3v) is 7.57. The molecule has 1 fully saturated rings. The monoisotopic (exact) mass is 507 g/mol. The van der Waals surface area contributed by atoms with E-state index >= 15 is 4.39 Å². The van der Waals surface area contributed by atoms with Crippen LogP contribution in [0.4, 0.5) is 4.39 Å². The fourth-order valence-electron chi connectivity index (χ4n) is 5.59. The van der Waals surface area contributed by atoms with E-state index in [1.165, 1.54) is 0 Å². The van der Waals surface area contributed by atoms with Crippen molar-refractivity contribution < 1.29 is 28.9 Å². The molecule has 2 atom stereocenters. The van der Waals surface area contributed by atoms with Gasteiger partial charge in [0.2, 0.25) is 0 Å². The summed E-state index contributed by atoms with van der Waals surface area (Å²) < 4.78 is 26.9. The Hall–Kier alpha value is -3.12. The number of carboxylic acid groups (broad SMARTS) is 1. The molecule has 1 saturated carbocycles. The summed E-state index contributed by atoms with van der Waals surface area (Å²) in [5.41, 5.74) is 4.21. The van der Waals surface area contributed by atoms with E-state index in [1.807, 2.05) is 25.1 Å². The Morgan fingerprint density at radius 2 is 2.00 bits per heavy atom. The third kappa shape index (κ3) is 6.42. The molecule has 2 aromatic carbocycles. The van der Waals surface area contributed by atoms with Gasteiger partial charge in [-0.25, -0.2) is 4.39 Å². The summed E-state index contributed by atoms with van der Waals surface area (Å²) in [6.07, 6.45) is 4.48. The Morgan fingerprint density at radius 3 is 2.70 bits per heavy atom. The lowest BCUT2D eigenvalue weighted by atomic mass is 9.74. The normalized spacial score (nSPS) is 19.9. The van der Waals surface area contributed by atoms with Gasteiger partial charge in [-0.2, -0.15) is 0 Å². The van der Waals surface area contributed by atoms with Crippen LogP contribution in [0, 0.1) is 5.41 Å². The maximum absolute atomic E-state index is 15.2. The fourth-order valence-corrected chi connectivity index (χ4v) is 5.59. The molecule has 0 aromatic heterocycles. The van der Waals surface area contributed by atoms with E-state index < -0.39 is 18.5 Å². The molecule has 0 aliphatic heterocycles. The van der Waals surface area contributed by atoms with Crippen LogP contribution in [-0.2, 0) is 16.1 Å². The Bertz CT molecular complexity index is 1190. The van der Waals surface area contributed by atoms with Gasteiger partial charge >= 0.3 is 0 Å². The molecule has 2 aliphatic rings. The van der Waals surface area contributed by atoms with Gasteiger partial charge in [-0.1, -0.05) is 50.6 Å². The molecule has 0 amide bonds. The van der Waals surface area contributed by atoms with Crippen molar-refractivity contribution in [1.29, 1.82) is 0 Å². The Kier molecular flexibility index (Phi) is 8.38. The zero-order valence-electron chi connectivity index (χ0n) is 21.9. The lowest BCUT2D eigenvalue weighted by molar-refractivity contribution is -0.307. The predicted molar refractivity (Wildman–Crippen MR) is 139 cm³/mol. The molecule has 0 unspecified atom stereocenters. The van der Waals surface area contributed by atoms with E-state index in [2.05, 4.69) is 19.9 Å². The van der Waals surface area contributed by atoms with E-state index in [4.69, 9.17) is 9.47 Å². The summed E-state index contributed by atoms with van der Waals surface area (Å²) in [5.74, 6) is 0.248. The quantitative estimate of drug-likeness (QED) is 0.419. The summed E-state index contributed by atoms with van der Waals surface area (Å²) in [7, 11) is 0. The summed E-state index contributed by atoms with van der Waals surface area (Å²) in [5, 5.41) is 20.9. The van der Waals surface area contributed by atoms with Crippen molar-refractivity contribution in [1.82, 2.24) is 0 Å². The summed E-state index contributed by atoms with van der Waals surface area (Å²) in [6.45, 7) is 7.37. The highest BCUT2D eigenvalue weighted by Gasteiger charge is 2.37. The standard InChI is InChI=1S/C31H37FO5/c1-4-36-23-11-13-28(32)26(17-23)24-12-10-20(15-25(24)27-9-6-14-31(27,2)3)19-37-22-8-5-7-21(16-22)29(33)18-30(34)35/h5,7-8,10,12,15-17,27,29,33H,4,6,9,11,13-14,18-19H2,1-3H3,(H,34,35)/p-1/t27-,29-/m1/s1. The highest BCUT2D eigenvalue weighted by atomic mass is 19.1. The molecular weight excluding hydrogens is 471 g/mol. The van der Waals surface area contributed by atoms with E-state index in [9.17, 15) is 15.0 Å². The van der Waals surface area contributed by atoms with Crippen LogP contribution in [0.1, 0.15) is 93.6 Å². The molecule has 0 spiro atoms. The van der Waals surface area contributed by atoms with Crippen molar-refractivity contribution in [3.8, 4) is 5.75 Å². The van der Waals surface area contributed by atoms with Crippen molar-refractivity contribution in [3.63, 3.8) is 0 Å². The highest BCUT2D eigenvalue weighted by Crippen LogP contribution is 2.51. The number of aliphatic hydroxyl groups is 1. The van der Waals surface area contributed by atoms with Crippen molar-refractivity contribution in [2.45, 2.75) is 77.9 Å². The van der Waals surface area contributed by atoms with Crippen LogP contribution in [0.3, 0.4) is 0 Å². The van der Waals surface area contributed by atoms with Gasteiger partial charge in [-0.15, -0.1) is 0 Å². The Balaban J connectivity index is 1.63. The van der Waals surface area contributed by atoms with Crippen molar-refractivity contribution in [2.75, 3.05) is 6.61 Å². The van der Waals surface area contributed by atoms with Crippen LogP contribution in [0.5, 0.6) is 5.75 Å². The van der Waals surface area contributed by atoms with E-state index in [1.54, 1.807) is 24.3 Å². The summed E-state index contributed by atoms with van der Waals surface area (Å²) in [6, 6.07) is 12.9. The molecule has 198 valence electrons. The average Bonchev–Trinajstić information content (AvgIpc) is 3.22. The number of aliphatic hydroxyl groups excluding tert-OH is 1. The van der Waals surface area contributed by atoms with Gasteiger partial charge in [0.15, 0.2) is 0 Å². The number of aliphatic carboxylic acids is 1. The van der Waals surface area contributed by atoms with Crippen molar-refractivity contribution in [3.05, 3.63) is 82.4 Å². The summed E-state index contributed by atoms with van der Waals surface area (Å²) in [4.78, 5) is 10.8. The van der Waals surface area contributed by atoms with Gasteiger partial charge in [0.25, 0.3) is 0 Å². The van der Waals surface area contributed by atoms with Crippen LogP contribution in [0.15, 0.2) is 60.1 Å². The predicted octanol–water partition coefficient (Wildman–Crippen LogP) is 6.13. The number of carboxylic acids is 1. The molecule has 0 radical (unpaired) electrons. The first-order valence-corrected chi connectivity index (χ1v) is 13.1. The Labute approximate surface area is 218 Å². The second kappa shape index (κ2) is 11.5. The smallest absolute Gasteiger partial charge is 0.120 e. The van der Waals surface area contributed by atoms with Gasteiger partial charge in [-0.3, -0.25) is 0 Å². The first-order chi connectivity index (χ1) is 17.7. The molecule has 2 aromatic rings. The largest absolute Gasteiger partial charge is 0.550 e. The number of hydrogen-bond donors (Lipinski definition) is 1. The van der Waals surface area contributed by atoms with E-state index in [0.717, 1.165) is 41.7 Å². The van der Waals surface area contributed by atoms with Gasteiger partial charge in [0.05, 0.1) is 18.5 Å². The second-order valence-corrected chi connectivity index (χ2v) is 10.7. The van der Waals surface area contributed by atoms with Gasteiger partial charge in [-0.05, 0) is 71.6 Å². The van der Waals surface area contributed by atoms with Gasteiger partial charge < -0.3 is 24.5 Å². The average molecular weight is 508 g/mol. The number of hydrogen-bond acceptors (Lipinski definition) is 5. The topological polar surface area (TPSA) is 78.8 Å². The summed E-state index contributed by atoms with van der Waals surface area (Å²) >= 11 is 0. The number of halogens is 1.